The van der Waals surface area contributed by atoms with Crippen LogP contribution in [0.1, 0.15) is 49.5 Å². The molecule has 3 aliphatic heterocycles. The Morgan fingerprint density at radius 3 is 2.50 bits per heavy atom. The number of halogens is 2. The van der Waals surface area contributed by atoms with E-state index in [9.17, 15) is 39.3 Å². The monoisotopic (exact) mass is 662 g/mol. The third-order valence-electron chi connectivity index (χ3n) is 9.07. The molecular formula is C30H32F2N4O9S. The molecule has 0 spiro atoms. The zero-order chi connectivity index (χ0) is 33.2. The van der Waals surface area contributed by atoms with E-state index in [1.165, 1.54) is 21.3 Å². The van der Waals surface area contributed by atoms with E-state index in [1.807, 2.05) is 0 Å². The van der Waals surface area contributed by atoms with Gasteiger partial charge in [0.1, 0.15) is 29.4 Å². The van der Waals surface area contributed by atoms with Gasteiger partial charge in [-0.2, -0.15) is 0 Å². The molecule has 4 N–H and O–H groups in total. The lowest BCUT2D eigenvalue weighted by Gasteiger charge is -2.46. The lowest BCUT2D eigenvalue weighted by atomic mass is 9.79. The number of carboxylic acid groups (broad SMARTS) is 2. The molecule has 4 heterocycles. The second-order valence-electron chi connectivity index (χ2n) is 12.1. The van der Waals surface area contributed by atoms with Gasteiger partial charge >= 0.3 is 18.0 Å². The van der Waals surface area contributed by atoms with Crippen molar-refractivity contribution in [2.45, 2.75) is 57.3 Å². The van der Waals surface area contributed by atoms with Gasteiger partial charge in [-0.1, -0.05) is 6.92 Å². The maximum atomic E-state index is 15.9. The average molecular weight is 663 g/mol. The number of alkyl carbamates (subject to hydrolysis) is 1. The minimum Gasteiger partial charge on any atom is -0.477 e. The first-order valence-corrected chi connectivity index (χ1v) is 15.9. The van der Waals surface area contributed by atoms with Crippen LogP contribution in [0.25, 0.3) is 10.9 Å². The smallest absolute Gasteiger partial charge is 0.407 e. The van der Waals surface area contributed by atoms with Crippen molar-refractivity contribution in [1.29, 1.82) is 0 Å². The summed E-state index contributed by atoms with van der Waals surface area (Å²) in [6.45, 7) is 3.44. The van der Waals surface area contributed by atoms with Crippen molar-refractivity contribution in [1.82, 2.24) is 14.8 Å². The lowest BCUT2D eigenvalue weighted by molar-refractivity contribution is -0.163. The number of β-lactam (4-membered cyclic amide) rings is 1. The maximum absolute atomic E-state index is 15.9. The number of rotatable bonds is 10. The fourth-order valence-corrected chi connectivity index (χ4v) is 7.92. The summed E-state index contributed by atoms with van der Waals surface area (Å²) in [5, 5.41) is 31.5. The first kappa shape index (κ1) is 31.8. The van der Waals surface area contributed by atoms with E-state index < -0.39 is 70.7 Å². The molecule has 2 saturated heterocycles. The molecule has 13 nitrogen and oxygen atoms in total. The molecule has 246 valence electrons. The summed E-state index contributed by atoms with van der Waals surface area (Å²) in [5.74, 6) is -5.95. The number of aliphatic hydroxyl groups excluding tert-OH is 1. The number of hydrogen-bond donors (Lipinski definition) is 4. The number of aliphatic hydroxyl groups is 1. The van der Waals surface area contributed by atoms with E-state index in [0.717, 1.165) is 24.0 Å². The van der Waals surface area contributed by atoms with E-state index >= 15 is 8.78 Å². The van der Waals surface area contributed by atoms with Gasteiger partial charge in [0, 0.05) is 41.9 Å². The van der Waals surface area contributed by atoms with E-state index in [4.69, 9.17) is 4.74 Å². The van der Waals surface area contributed by atoms with Crippen LogP contribution in [0.4, 0.5) is 19.3 Å². The second-order valence-corrected chi connectivity index (χ2v) is 13.2. The number of pyridine rings is 1. The summed E-state index contributed by atoms with van der Waals surface area (Å²) in [6, 6.07) is -0.294. The van der Waals surface area contributed by atoms with E-state index in [-0.39, 0.29) is 59.7 Å². The molecule has 1 unspecified atom stereocenters. The topological polar surface area (TPSA) is 179 Å². The number of ether oxygens (including phenoxy) is 1. The number of carbonyl (C=O) groups excluding carboxylic acids is 2. The van der Waals surface area contributed by atoms with Crippen LogP contribution in [0.3, 0.4) is 0 Å². The highest BCUT2D eigenvalue weighted by atomic mass is 32.2. The molecule has 2 aromatic rings. The van der Waals surface area contributed by atoms with Crippen molar-refractivity contribution in [2.75, 3.05) is 30.3 Å². The number of amides is 2. The minimum atomic E-state index is -1.48. The van der Waals surface area contributed by atoms with Crippen molar-refractivity contribution in [3.05, 3.63) is 50.3 Å². The fourth-order valence-electron chi connectivity index (χ4n) is 6.81. The van der Waals surface area contributed by atoms with Gasteiger partial charge in [-0.25, -0.2) is 23.2 Å². The van der Waals surface area contributed by atoms with Crippen LogP contribution < -0.4 is 15.6 Å². The molecule has 0 bridgehead atoms. The first-order valence-electron chi connectivity index (χ1n) is 14.9. The Hall–Kier alpha value is -4.18. The predicted molar refractivity (Wildman–Crippen MR) is 161 cm³/mol. The molecule has 1 aliphatic carbocycles. The molecule has 6 rings (SSSR count). The average Bonchev–Trinajstić information content (AvgIpc) is 3.67. The standard InChI is InChI=1S/C30H32F2N4O9S/c1-12-21-19(13(2)37)27(39)36(21)24(29(42)43)26(12)46-8-7-45-30(44)33-14-5-6-34(10-14)23-18(31)9-16-22(20(23)32)35(15-3-4-15)11-17(25(16)38)28(40)41/h9,11-15,19,21,37H,3-8,10H2,1-2H3,(H,33,44)(H,40,41)(H,42,43)/t12-,13+,14?,19-,21-/m0/s1. The van der Waals surface area contributed by atoms with Crippen LogP contribution >= 0.6 is 11.8 Å². The number of carbonyl (C=O) groups is 4. The number of carboxylic acids is 2. The quantitative estimate of drug-likeness (QED) is 0.217. The van der Waals surface area contributed by atoms with E-state index in [2.05, 4.69) is 5.32 Å². The molecule has 2 amide bonds. The van der Waals surface area contributed by atoms with Crippen LogP contribution in [-0.2, 0) is 14.3 Å². The molecule has 3 fully saturated rings. The van der Waals surface area contributed by atoms with Crippen LogP contribution in [0, 0.1) is 23.5 Å². The summed E-state index contributed by atoms with van der Waals surface area (Å²) < 4.78 is 37.9. The van der Waals surface area contributed by atoms with Gasteiger partial charge < -0.3 is 39.7 Å². The number of nitrogens with one attached hydrogen (secondary N) is 1. The van der Waals surface area contributed by atoms with Crippen LogP contribution in [0.2, 0.25) is 0 Å². The van der Waals surface area contributed by atoms with Gasteiger partial charge in [0.05, 0.1) is 35.0 Å². The number of aliphatic carboxylic acids is 1. The number of fused-ring (bicyclic) bond motifs is 2. The van der Waals surface area contributed by atoms with E-state index in [1.54, 1.807) is 6.92 Å². The molecular weight excluding hydrogens is 630 g/mol. The van der Waals surface area contributed by atoms with Crippen LogP contribution in [0.15, 0.2) is 27.7 Å². The third-order valence-corrected chi connectivity index (χ3v) is 10.3. The Bertz CT molecular complexity index is 1760. The number of aromatic carboxylic acids is 1. The number of hydrogen-bond acceptors (Lipinski definition) is 9. The van der Waals surface area contributed by atoms with Gasteiger partial charge in [-0.3, -0.25) is 9.59 Å². The highest BCUT2D eigenvalue weighted by molar-refractivity contribution is 8.03. The van der Waals surface area contributed by atoms with Crippen molar-refractivity contribution >= 4 is 52.3 Å². The Morgan fingerprint density at radius 1 is 1.15 bits per heavy atom. The fraction of sp³-hybridized carbons (Fsp3) is 0.500. The molecule has 16 heteroatoms. The SMILES string of the molecule is C[C@@H]1C(SCCOC(=O)NC2CCN(c3c(F)cc4c(=O)c(C(=O)O)cn(C5CC5)c4c3F)C2)=C(C(=O)O)N2C(=O)[C@@H]([C@@H](C)O)[C@H]12. The predicted octanol–water partition coefficient (Wildman–Crippen LogP) is 2.50. The minimum absolute atomic E-state index is 0.0478. The summed E-state index contributed by atoms with van der Waals surface area (Å²) in [7, 11) is 0. The highest BCUT2D eigenvalue weighted by Gasteiger charge is 2.60. The van der Waals surface area contributed by atoms with Gasteiger partial charge in [-0.15, -0.1) is 11.8 Å². The Labute approximate surface area is 264 Å². The molecule has 1 aromatic heterocycles. The molecule has 5 atom stereocenters. The largest absolute Gasteiger partial charge is 0.477 e. The lowest BCUT2D eigenvalue weighted by Crippen LogP contribution is -2.63. The maximum Gasteiger partial charge on any atom is 0.407 e. The van der Waals surface area contributed by atoms with Gasteiger partial charge in [0.25, 0.3) is 0 Å². The van der Waals surface area contributed by atoms with E-state index in [0.29, 0.717) is 24.2 Å². The highest BCUT2D eigenvalue weighted by Crippen LogP contribution is 2.50. The van der Waals surface area contributed by atoms with Crippen molar-refractivity contribution < 1.29 is 48.0 Å². The summed E-state index contributed by atoms with van der Waals surface area (Å²) in [4.78, 5) is 64.4. The van der Waals surface area contributed by atoms with Crippen LogP contribution in [-0.4, -0.2) is 92.4 Å². The Kier molecular flexibility index (Phi) is 8.21. The van der Waals surface area contributed by atoms with Crippen molar-refractivity contribution in [3.63, 3.8) is 0 Å². The van der Waals surface area contributed by atoms with Crippen LogP contribution in [0.5, 0.6) is 0 Å². The normalized spacial score (nSPS) is 24.7. The molecule has 4 aliphatic rings. The van der Waals surface area contributed by atoms with Gasteiger partial charge in [-0.05, 0) is 32.3 Å². The Morgan fingerprint density at radius 2 is 1.87 bits per heavy atom. The zero-order valence-electron chi connectivity index (χ0n) is 24.9. The van der Waals surface area contributed by atoms with Crippen molar-refractivity contribution in [2.24, 2.45) is 11.8 Å². The summed E-state index contributed by atoms with van der Waals surface area (Å²) in [6.07, 6.45) is 1.10. The first-order chi connectivity index (χ1) is 21.8. The van der Waals surface area contributed by atoms with Gasteiger partial charge in [0.15, 0.2) is 5.82 Å². The number of thioether (sulfide) groups is 1. The summed E-state index contributed by atoms with van der Waals surface area (Å²) >= 11 is 1.16. The number of aromatic nitrogens is 1. The second kappa shape index (κ2) is 11.9. The number of benzene rings is 1. The van der Waals surface area contributed by atoms with Crippen molar-refractivity contribution in [3.8, 4) is 0 Å². The molecule has 0 radical (unpaired) electrons. The van der Waals surface area contributed by atoms with Gasteiger partial charge in [0.2, 0.25) is 11.3 Å². The summed E-state index contributed by atoms with van der Waals surface area (Å²) in [5.41, 5.74) is -2.17. The third kappa shape index (κ3) is 5.26. The molecule has 46 heavy (non-hydrogen) atoms. The molecule has 1 saturated carbocycles. The zero-order valence-corrected chi connectivity index (χ0v) is 25.7. The molecule has 1 aromatic carbocycles. The Balaban J connectivity index is 1.08. The number of anilines is 1. The number of nitrogens with zero attached hydrogens (tertiary/aromatic N) is 3.